The molecule has 0 atom stereocenters. The fraction of sp³-hybridized carbons (Fsp3) is 0.0625. The number of amides is 1. The van der Waals surface area contributed by atoms with Crippen molar-refractivity contribution in [2.75, 3.05) is 5.32 Å². The van der Waals surface area contributed by atoms with Crippen LogP contribution in [0.4, 0.5) is 11.4 Å². The van der Waals surface area contributed by atoms with E-state index in [0.717, 1.165) is 4.57 Å². The molecule has 10 heteroatoms. The third kappa shape index (κ3) is 3.66. The molecule has 0 spiro atoms. The molecule has 0 aliphatic rings. The fourth-order valence-corrected chi connectivity index (χ4v) is 2.60. The smallest absolute Gasteiger partial charge is 0.271 e. The molecule has 132 valence electrons. The Morgan fingerprint density at radius 1 is 1.19 bits per heavy atom. The molecule has 3 rings (SSSR count). The van der Waals surface area contributed by atoms with E-state index in [0.29, 0.717) is 10.7 Å². The summed E-state index contributed by atoms with van der Waals surface area (Å²) in [5, 5.41) is 14.2. The molecule has 0 fully saturated rings. The highest BCUT2D eigenvalue weighted by Gasteiger charge is 2.12. The second kappa shape index (κ2) is 7.11. The minimum atomic E-state index is -0.572. The summed E-state index contributed by atoms with van der Waals surface area (Å²) >= 11 is 11.7. The molecule has 1 N–H and O–H groups in total. The van der Waals surface area contributed by atoms with Gasteiger partial charge >= 0.3 is 0 Å². The van der Waals surface area contributed by atoms with Crippen molar-refractivity contribution < 1.29 is 9.72 Å². The molecule has 0 unspecified atom stereocenters. The van der Waals surface area contributed by atoms with Crippen LogP contribution in [0.3, 0.4) is 0 Å². The summed E-state index contributed by atoms with van der Waals surface area (Å²) in [6, 6.07) is 8.34. The van der Waals surface area contributed by atoms with Gasteiger partial charge in [0.05, 0.1) is 32.2 Å². The number of rotatable bonds is 4. The maximum absolute atomic E-state index is 12.4. The zero-order chi connectivity index (χ0) is 18.8. The molecular formula is C16H10Cl2N4O4. The minimum absolute atomic E-state index is 0.167. The first-order chi connectivity index (χ1) is 12.3. The van der Waals surface area contributed by atoms with E-state index in [1.54, 1.807) is 6.07 Å². The van der Waals surface area contributed by atoms with Crippen LogP contribution in [0.1, 0.15) is 0 Å². The lowest BCUT2D eigenvalue weighted by Crippen LogP contribution is -2.27. The van der Waals surface area contributed by atoms with Gasteiger partial charge in [0, 0.05) is 17.8 Å². The third-order valence-electron chi connectivity index (χ3n) is 3.54. The number of nitrogens with one attached hydrogen (secondary N) is 1. The van der Waals surface area contributed by atoms with Crippen molar-refractivity contribution in [3.8, 4) is 0 Å². The Morgan fingerprint density at radius 3 is 2.65 bits per heavy atom. The van der Waals surface area contributed by atoms with E-state index >= 15 is 0 Å². The van der Waals surface area contributed by atoms with Crippen LogP contribution in [0.15, 0.2) is 47.5 Å². The van der Waals surface area contributed by atoms with Crippen molar-refractivity contribution in [3.63, 3.8) is 0 Å². The number of hydrogen-bond acceptors (Lipinski definition) is 5. The van der Waals surface area contributed by atoms with Crippen LogP contribution in [-0.4, -0.2) is 20.4 Å². The van der Waals surface area contributed by atoms with Gasteiger partial charge < -0.3 is 5.32 Å². The summed E-state index contributed by atoms with van der Waals surface area (Å²) < 4.78 is 1.11. The summed E-state index contributed by atoms with van der Waals surface area (Å²) in [6.45, 7) is -0.279. The van der Waals surface area contributed by atoms with E-state index in [9.17, 15) is 19.7 Å². The average Bonchev–Trinajstić information content (AvgIpc) is 2.60. The predicted octanol–water partition coefficient (Wildman–Crippen LogP) is 3.25. The number of fused-ring (bicyclic) bond motifs is 1. The van der Waals surface area contributed by atoms with Gasteiger partial charge in [0.25, 0.3) is 11.2 Å². The second-order valence-electron chi connectivity index (χ2n) is 5.31. The van der Waals surface area contributed by atoms with E-state index < -0.39 is 16.4 Å². The van der Waals surface area contributed by atoms with Crippen molar-refractivity contribution in [2.24, 2.45) is 0 Å². The quantitative estimate of drug-likeness (QED) is 0.541. The van der Waals surface area contributed by atoms with E-state index in [1.807, 2.05) is 0 Å². The first kappa shape index (κ1) is 17.8. The highest BCUT2D eigenvalue weighted by molar-refractivity contribution is 6.42. The number of carbonyl (C=O) groups excluding carboxylic acids is 1. The Bertz CT molecular complexity index is 1100. The summed E-state index contributed by atoms with van der Waals surface area (Å²) in [4.78, 5) is 38.8. The molecule has 26 heavy (non-hydrogen) atoms. The average molecular weight is 393 g/mol. The van der Waals surface area contributed by atoms with E-state index in [1.165, 1.54) is 36.7 Å². The first-order valence-electron chi connectivity index (χ1n) is 7.23. The number of nitro benzene ring substituents is 1. The van der Waals surface area contributed by atoms with Crippen LogP contribution in [0, 0.1) is 10.1 Å². The van der Waals surface area contributed by atoms with Crippen LogP contribution in [0.25, 0.3) is 10.9 Å². The third-order valence-corrected chi connectivity index (χ3v) is 4.28. The number of nitro groups is 1. The van der Waals surface area contributed by atoms with Gasteiger partial charge in [-0.1, -0.05) is 23.2 Å². The number of non-ortho nitro benzene ring substituents is 1. The van der Waals surface area contributed by atoms with Crippen molar-refractivity contribution in [1.29, 1.82) is 0 Å². The molecule has 0 aliphatic heterocycles. The number of aromatic nitrogens is 2. The molecule has 8 nitrogen and oxygen atoms in total. The maximum atomic E-state index is 12.4. The van der Waals surface area contributed by atoms with Gasteiger partial charge in [-0.25, -0.2) is 4.98 Å². The van der Waals surface area contributed by atoms with Crippen LogP contribution < -0.4 is 10.9 Å². The highest BCUT2D eigenvalue weighted by atomic mass is 35.5. The van der Waals surface area contributed by atoms with Gasteiger partial charge in [0.2, 0.25) is 5.91 Å². The summed E-state index contributed by atoms with van der Waals surface area (Å²) in [5.41, 5.74) is -0.0270. The number of halogens is 2. The SMILES string of the molecule is O=C(Cn1cnc2cc([N+](=O)[O-])ccc2c1=O)Nc1ccc(Cl)c(Cl)c1. The van der Waals surface area contributed by atoms with Crippen LogP contribution in [0.2, 0.25) is 10.0 Å². The lowest BCUT2D eigenvalue weighted by molar-refractivity contribution is -0.384. The van der Waals surface area contributed by atoms with Crippen molar-refractivity contribution in [1.82, 2.24) is 9.55 Å². The van der Waals surface area contributed by atoms with Gasteiger partial charge in [-0.3, -0.25) is 24.3 Å². The number of hydrogen-bond donors (Lipinski definition) is 1. The maximum Gasteiger partial charge on any atom is 0.271 e. The van der Waals surface area contributed by atoms with E-state index in [2.05, 4.69) is 10.3 Å². The Balaban J connectivity index is 1.84. The van der Waals surface area contributed by atoms with E-state index in [-0.39, 0.29) is 28.2 Å². The van der Waals surface area contributed by atoms with Crippen molar-refractivity contribution >= 4 is 51.4 Å². The largest absolute Gasteiger partial charge is 0.324 e. The van der Waals surface area contributed by atoms with Crippen LogP contribution >= 0.6 is 23.2 Å². The topological polar surface area (TPSA) is 107 Å². The number of nitrogens with zero attached hydrogens (tertiary/aromatic N) is 3. The summed E-state index contributed by atoms with van der Waals surface area (Å²) in [7, 11) is 0. The molecule has 1 heterocycles. The lowest BCUT2D eigenvalue weighted by Gasteiger charge is -2.08. The summed E-state index contributed by atoms with van der Waals surface area (Å²) in [5.74, 6) is -0.464. The van der Waals surface area contributed by atoms with Gasteiger partial charge in [0.1, 0.15) is 6.54 Å². The highest BCUT2D eigenvalue weighted by Crippen LogP contribution is 2.25. The van der Waals surface area contributed by atoms with E-state index in [4.69, 9.17) is 23.2 Å². The number of anilines is 1. The standard InChI is InChI=1S/C16H10Cl2N4O4/c17-12-4-1-9(5-13(12)18)20-15(23)7-21-8-19-14-6-10(22(25)26)2-3-11(14)16(21)24/h1-6,8H,7H2,(H,20,23). The number of benzene rings is 2. The van der Waals surface area contributed by atoms with Crippen molar-refractivity contribution in [2.45, 2.75) is 6.54 Å². The van der Waals surface area contributed by atoms with Gasteiger partial charge in [0.15, 0.2) is 0 Å². The second-order valence-corrected chi connectivity index (χ2v) is 6.13. The zero-order valence-electron chi connectivity index (χ0n) is 13.0. The first-order valence-corrected chi connectivity index (χ1v) is 7.99. The Labute approximate surface area is 156 Å². The molecule has 0 saturated carbocycles. The molecule has 1 amide bonds. The minimum Gasteiger partial charge on any atom is -0.324 e. The molecule has 0 saturated heterocycles. The van der Waals surface area contributed by atoms with Gasteiger partial charge in [-0.2, -0.15) is 0 Å². The molecular weight excluding hydrogens is 383 g/mol. The summed E-state index contributed by atoms with van der Waals surface area (Å²) in [6.07, 6.45) is 1.17. The molecule has 3 aromatic rings. The lowest BCUT2D eigenvalue weighted by atomic mass is 10.2. The molecule has 0 bridgehead atoms. The molecule has 2 aromatic carbocycles. The Kier molecular flexibility index (Phi) is 4.88. The van der Waals surface area contributed by atoms with Crippen LogP contribution in [0.5, 0.6) is 0 Å². The Morgan fingerprint density at radius 2 is 1.96 bits per heavy atom. The molecule has 1 aromatic heterocycles. The van der Waals surface area contributed by atoms with Gasteiger partial charge in [-0.15, -0.1) is 0 Å². The van der Waals surface area contributed by atoms with Crippen LogP contribution in [-0.2, 0) is 11.3 Å². The predicted molar refractivity (Wildman–Crippen MR) is 97.7 cm³/mol. The normalized spacial score (nSPS) is 10.7. The van der Waals surface area contributed by atoms with Crippen molar-refractivity contribution in [3.05, 3.63) is 73.2 Å². The fourth-order valence-electron chi connectivity index (χ4n) is 2.30. The van der Waals surface area contributed by atoms with Gasteiger partial charge in [-0.05, 0) is 24.3 Å². The molecule has 0 aliphatic carbocycles. The monoisotopic (exact) mass is 392 g/mol. The zero-order valence-corrected chi connectivity index (χ0v) is 14.5. The number of carbonyl (C=O) groups is 1. The molecule has 0 radical (unpaired) electrons. The Hall–Kier alpha value is -2.97.